The van der Waals surface area contributed by atoms with Crippen LogP contribution in [0, 0.1) is 5.92 Å². The molecule has 0 heterocycles. The van der Waals surface area contributed by atoms with E-state index in [1.807, 2.05) is 0 Å². The van der Waals surface area contributed by atoms with E-state index in [0.717, 1.165) is 0 Å². The van der Waals surface area contributed by atoms with Crippen molar-refractivity contribution in [3.05, 3.63) is 0 Å². The van der Waals surface area contributed by atoms with Crippen LogP contribution in [0.5, 0.6) is 0 Å². The highest BCUT2D eigenvalue weighted by atomic mass is 16.4. The van der Waals surface area contributed by atoms with Crippen molar-refractivity contribution in [3.8, 4) is 0 Å². The summed E-state index contributed by atoms with van der Waals surface area (Å²) in [6, 6.07) is -1.19. The summed E-state index contributed by atoms with van der Waals surface area (Å²) >= 11 is 0. The van der Waals surface area contributed by atoms with Crippen molar-refractivity contribution in [1.29, 1.82) is 0 Å². The van der Waals surface area contributed by atoms with E-state index < -0.39 is 35.4 Å². The van der Waals surface area contributed by atoms with Gasteiger partial charge in [0.15, 0.2) is 0 Å². The maximum Gasteiger partial charge on any atom is 0.315 e. The summed E-state index contributed by atoms with van der Waals surface area (Å²) in [4.78, 5) is 33.1. The van der Waals surface area contributed by atoms with E-state index in [1.54, 1.807) is 6.92 Å². The zero-order chi connectivity index (χ0) is 13.8. The van der Waals surface area contributed by atoms with Gasteiger partial charge < -0.3 is 21.5 Å². The molecule has 0 aliphatic heterocycles. The van der Waals surface area contributed by atoms with Crippen LogP contribution in [0.4, 0.5) is 4.79 Å². The Bertz CT molecular complexity index is 328. The minimum absolute atomic E-state index is 0.559. The molecule has 0 rings (SSSR count). The normalized spacial score (nSPS) is 14.6. The van der Waals surface area contributed by atoms with Gasteiger partial charge in [-0.25, -0.2) is 4.79 Å². The van der Waals surface area contributed by atoms with Crippen molar-refractivity contribution >= 4 is 17.9 Å². The Morgan fingerprint density at radius 3 is 2.06 bits per heavy atom. The summed E-state index contributed by atoms with van der Waals surface area (Å²) in [5.41, 5.74) is 3.90. The van der Waals surface area contributed by atoms with E-state index >= 15 is 0 Å². The molecule has 5 N–H and O–H groups in total. The molecule has 0 aromatic carbocycles. The number of carboxylic acid groups (broad SMARTS) is 1. The fourth-order valence-corrected chi connectivity index (χ4v) is 0.927. The first kappa shape index (κ1) is 15.2. The molecule has 0 bridgehead atoms. The predicted molar refractivity (Wildman–Crippen MR) is 61.2 cm³/mol. The predicted octanol–water partition coefficient (Wildman–Crippen LogP) is -0.341. The maximum absolute atomic E-state index is 11.5. The third-order valence-electron chi connectivity index (χ3n) is 2.54. The molecular weight excluding hydrogens is 226 g/mol. The number of carboxylic acids is 1. The highest BCUT2D eigenvalue weighted by Crippen LogP contribution is 2.04. The topological polar surface area (TPSA) is 122 Å². The summed E-state index contributed by atoms with van der Waals surface area (Å²) in [7, 11) is 0. The SMILES string of the molecule is CC(NC(=O)NC(C)(C)C(N)=O)C(C)C(=O)O. The van der Waals surface area contributed by atoms with Gasteiger partial charge in [0, 0.05) is 6.04 Å². The smallest absolute Gasteiger partial charge is 0.315 e. The first-order valence-corrected chi connectivity index (χ1v) is 5.19. The molecule has 3 amide bonds. The van der Waals surface area contributed by atoms with Crippen LogP contribution < -0.4 is 16.4 Å². The van der Waals surface area contributed by atoms with Crippen LogP contribution in [0.2, 0.25) is 0 Å². The standard InChI is InChI=1S/C10H19N3O4/c1-5(7(14)15)6(2)12-9(17)13-10(3,4)8(11)16/h5-6H,1-4H3,(H2,11,16)(H,14,15)(H2,12,13,17). The van der Waals surface area contributed by atoms with E-state index in [0.29, 0.717) is 0 Å². The number of hydrogen-bond donors (Lipinski definition) is 4. The first-order chi connectivity index (χ1) is 7.58. The molecule has 2 atom stereocenters. The number of amides is 3. The van der Waals surface area contributed by atoms with Crippen molar-refractivity contribution in [3.63, 3.8) is 0 Å². The van der Waals surface area contributed by atoms with Gasteiger partial charge in [-0.1, -0.05) is 0 Å². The quantitative estimate of drug-likeness (QED) is 0.529. The Morgan fingerprint density at radius 2 is 1.71 bits per heavy atom. The van der Waals surface area contributed by atoms with Gasteiger partial charge in [0.1, 0.15) is 5.54 Å². The van der Waals surface area contributed by atoms with E-state index in [-0.39, 0.29) is 0 Å². The second-order valence-electron chi connectivity index (χ2n) is 4.50. The monoisotopic (exact) mass is 245 g/mol. The van der Waals surface area contributed by atoms with E-state index in [2.05, 4.69) is 10.6 Å². The Kier molecular flexibility index (Phi) is 4.93. The molecule has 0 spiro atoms. The van der Waals surface area contributed by atoms with Gasteiger partial charge in [0.25, 0.3) is 0 Å². The molecule has 17 heavy (non-hydrogen) atoms. The molecule has 98 valence electrons. The van der Waals surface area contributed by atoms with Crippen LogP contribution in [-0.2, 0) is 9.59 Å². The second kappa shape index (κ2) is 5.51. The zero-order valence-electron chi connectivity index (χ0n) is 10.4. The molecule has 2 unspecified atom stereocenters. The van der Waals surface area contributed by atoms with Gasteiger partial charge in [-0.2, -0.15) is 0 Å². The molecular formula is C10H19N3O4. The summed E-state index contributed by atoms with van der Waals surface area (Å²) < 4.78 is 0. The maximum atomic E-state index is 11.5. The number of carbonyl (C=O) groups excluding carboxylic acids is 2. The van der Waals surface area contributed by atoms with Crippen LogP contribution in [0.1, 0.15) is 27.7 Å². The summed E-state index contributed by atoms with van der Waals surface area (Å²) in [6.45, 7) is 5.96. The number of nitrogens with one attached hydrogen (secondary N) is 2. The molecule has 0 fully saturated rings. The van der Waals surface area contributed by atoms with Gasteiger partial charge in [-0.05, 0) is 27.7 Å². The third-order valence-corrected chi connectivity index (χ3v) is 2.54. The molecule has 0 aromatic rings. The highest BCUT2D eigenvalue weighted by Gasteiger charge is 2.28. The first-order valence-electron chi connectivity index (χ1n) is 5.19. The fourth-order valence-electron chi connectivity index (χ4n) is 0.927. The Balaban J connectivity index is 4.38. The van der Waals surface area contributed by atoms with Crippen LogP contribution in [0.15, 0.2) is 0 Å². The summed E-state index contributed by atoms with van der Waals surface area (Å²) in [5, 5.41) is 13.5. The number of rotatable bonds is 5. The largest absolute Gasteiger partial charge is 0.481 e. The molecule has 0 aliphatic rings. The number of carbonyl (C=O) groups is 3. The third kappa shape index (κ3) is 4.71. The molecule has 7 heteroatoms. The second-order valence-corrected chi connectivity index (χ2v) is 4.50. The number of nitrogens with two attached hydrogens (primary N) is 1. The van der Waals surface area contributed by atoms with Crippen LogP contribution in [0.3, 0.4) is 0 Å². The zero-order valence-corrected chi connectivity index (χ0v) is 10.4. The molecule has 0 saturated heterocycles. The minimum Gasteiger partial charge on any atom is -0.481 e. The van der Waals surface area contributed by atoms with Gasteiger partial charge in [0.05, 0.1) is 5.92 Å². The number of aliphatic carboxylic acids is 1. The Hall–Kier alpha value is -1.79. The van der Waals surface area contributed by atoms with Crippen LogP contribution in [-0.4, -0.2) is 34.6 Å². The lowest BCUT2D eigenvalue weighted by molar-refractivity contribution is -0.141. The van der Waals surface area contributed by atoms with E-state index in [1.165, 1.54) is 20.8 Å². The minimum atomic E-state index is -1.18. The van der Waals surface area contributed by atoms with Crippen molar-refractivity contribution in [2.75, 3.05) is 0 Å². The highest BCUT2D eigenvalue weighted by molar-refractivity contribution is 5.89. The average molecular weight is 245 g/mol. The lowest BCUT2D eigenvalue weighted by atomic mass is 10.0. The Morgan fingerprint density at radius 1 is 1.24 bits per heavy atom. The summed E-state index contributed by atoms with van der Waals surface area (Å²) in [5.74, 6) is -2.41. The fraction of sp³-hybridized carbons (Fsp3) is 0.700. The van der Waals surface area contributed by atoms with Gasteiger partial charge in [-0.15, -0.1) is 0 Å². The van der Waals surface area contributed by atoms with Crippen molar-refractivity contribution in [2.24, 2.45) is 11.7 Å². The number of hydrogen-bond acceptors (Lipinski definition) is 3. The molecule has 7 nitrogen and oxygen atoms in total. The molecule has 0 aliphatic carbocycles. The van der Waals surface area contributed by atoms with Crippen molar-refractivity contribution in [1.82, 2.24) is 10.6 Å². The summed E-state index contributed by atoms with van der Waals surface area (Å²) in [6.07, 6.45) is 0. The molecule has 0 saturated carbocycles. The van der Waals surface area contributed by atoms with Gasteiger partial charge in [0.2, 0.25) is 5.91 Å². The average Bonchev–Trinajstić information content (AvgIpc) is 2.14. The van der Waals surface area contributed by atoms with Gasteiger partial charge >= 0.3 is 12.0 Å². The molecule has 0 aromatic heterocycles. The lowest BCUT2D eigenvalue weighted by Gasteiger charge is -2.25. The van der Waals surface area contributed by atoms with Gasteiger partial charge in [-0.3, -0.25) is 9.59 Å². The van der Waals surface area contributed by atoms with Crippen LogP contribution >= 0.6 is 0 Å². The Labute approximate surface area is 99.7 Å². The lowest BCUT2D eigenvalue weighted by Crippen LogP contribution is -2.57. The van der Waals surface area contributed by atoms with Crippen LogP contribution in [0.25, 0.3) is 0 Å². The number of primary amides is 1. The van der Waals surface area contributed by atoms with E-state index in [9.17, 15) is 14.4 Å². The van der Waals surface area contributed by atoms with Crippen molar-refractivity contribution < 1.29 is 19.5 Å². The van der Waals surface area contributed by atoms with Crippen molar-refractivity contribution in [2.45, 2.75) is 39.3 Å². The van der Waals surface area contributed by atoms with E-state index in [4.69, 9.17) is 10.8 Å². The molecule has 0 radical (unpaired) electrons. The number of urea groups is 1.